The highest BCUT2D eigenvalue weighted by Gasteiger charge is 2.34. The second kappa shape index (κ2) is 8.68. The number of amides is 2. The molecule has 1 aliphatic carbocycles. The van der Waals surface area contributed by atoms with Crippen molar-refractivity contribution in [1.29, 1.82) is 0 Å². The van der Waals surface area contributed by atoms with Gasteiger partial charge in [-0.25, -0.2) is 0 Å². The maximum Gasteiger partial charge on any atom is 0.240 e. The minimum Gasteiger partial charge on any atom is -0.354 e. The van der Waals surface area contributed by atoms with E-state index < -0.39 is 5.54 Å². The van der Waals surface area contributed by atoms with Gasteiger partial charge in [-0.2, -0.15) is 0 Å². The number of nitrogens with zero attached hydrogens (tertiary/aromatic N) is 1. The van der Waals surface area contributed by atoms with Crippen molar-refractivity contribution in [2.45, 2.75) is 63.6 Å². The lowest BCUT2D eigenvalue weighted by Gasteiger charge is -2.31. The van der Waals surface area contributed by atoms with E-state index in [1.54, 1.807) is 0 Å². The molecule has 5 nitrogen and oxygen atoms in total. The Balaban J connectivity index is 0.00000225. The van der Waals surface area contributed by atoms with Crippen LogP contribution >= 0.6 is 12.4 Å². The van der Waals surface area contributed by atoms with E-state index in [9.17, 15) is 9.59 Å². The normalized spacial score (nSPS) is 18.2. The lowest BCUT2D eigenvalue weighted by molar-refractivity contribution is -0.132. The standard InChI is InChI=1S/C19H27N3O2.ClH/c20-19(10-4-1-5-11-19)18(24)21-12-6-9-17(23)22-13-15-7-2-3-8-16(15)14-22;/h2-3,7-8H,1,4-6,9-14,20H2,(H,21,24);1H. The summed E-state index contributed by atoms with van der Waals surface area (Å²) in [5, 5.41) is 2.92. The molecule has 2 aliphatic rings. The third kappa shape index (κ3) is 4.73. The van der Waals surface area contributed by atoms with Crippen LogP contribution in [0.25, 0.3) is 0 Å². The Labute approximate surface area is 155 Å². The highest BCUT2D eigenvalue weighted by atomic mass is 35.5. The van der Waals surface area contributed by atoms with Gasteiger partial charge < -0.3 is 16.0 Å². The van der Waals surface area contributed by atoms with Crippen molar-refractivity contribution in [3.8, 4) is 0 Å². The number of carbonyl (C=O) groups is 2. The highest BCUT2D eigenvalue weighted by Crippen LogP contribution is 2.26. The average Bonchev–Trinajstić information content (AvgIpc) is 3.03. The van der Waals surface area contributed by atoms with Crippen molar-refractivity contribution in [1.82, 2.24) is 10.2 Å². The van der Waals surface area contributed by atoms with Crippen LogP contribution < -0.4 is 11.1 Å². The van der Waals surface area contributed by atoms with Gasteiger partial charge in [0.25, 0.3) is 0 Å². The SMILES string of the molecule is Cl.NC1(C(=O)NCCCC(=O)N2Cc3ccccc3C2)CCCCC1. The summed E-state index contributed by atoms with van der Waals surface area (Å²) >= 11 is 0. The number of hydrogen-bond donors (Lipinski definition) is 2. The van der Waals surface area contributed by atoms with E-state index in [1.807, 2.05) is 17.0 Å². The predicted octanol–water partition coefficient (Wildman–Crippen LogP) is 2.51. The largest absolute Gasteiger partial charge is 0.354 e. The number of benzene rings is 1. The molecular weight excluding hydrogens is 338 g/mol. The van der Waals surface area contributed by atoms with Crippen molar-refractivity contribution >= 4 is 24.2 Å². The number of halogens is 1. The number of hydrogen-bond acceptors (Lipinski definition) is 3. The van der Waals surface area contributed by atoms with Crippen molar-refractivity contribution in [3.63, 3.8) is 0 Å². The number of nitrogens with one attached hydrogen (secondary N) is 1. The Kier molecular flexibility index (Phi) is 6.85. The summed E-state index contributed by atoms with van der Waals surface area (Å²) in [4.78, 5) is 26.4. The van der Waals surface area contributed by atoms with Crippen LogP contribution in [-0.2, 0) is 22.7 Å². The van der Waals surface area contributed by atoms with E-state index in [4.69, 9.17) is 5.73 Å². The smallest absolute Gasteiger partial charge is 0.240 e. The van der Waals surface area contributed by atoms with Gasteiger partial charge >= 0.3 is 0 Å². The molecule has 0 unspecified atom stereocenters. The molecule has 1 aromatic carbocycles. The van der Waals surface area contributed by atoms with Gasteiger partial charge in [-0.05, 0) is 30.4 Å². The Morgan fingerprint density at radius 2 is 1.68 bits per heavy atom. The van der Waals surface area contributed by atoms with Crippen LogP contribution in [0.15, 0.2) is 24.3 Å². The molecular formula is C19H28ClN3O2. The molecule has 0 bridgehead atoms. The lowest BCUT2D eigenvalue weighted by atomic mass is 9.82. The van der Waals surface area contributed by atoms with E-state index in [1.165, 1.54) is 17.5 Å². The zero-order valence-electron chi connectivity index (χ0n) is 14.6. The number of nitrogens with two attached hydrogens (primary N) is 1. The zero-order valence-corrected chi connectivity index (χ0v) is 15.4. The molecule has 0 aromatic heterocycles. The van der Waals surface area contributed by atoms with E-state index in [2.05, 4.69) is 17.4 Å². The third-order valence-corrected chi connectivity index (χ3v) is 5.24. The highest BCUT2D eigenvalue weighted by molar-refractivity contribution is 5.86. The average molecular weight is 366 g/mol. The molecule has 1 aliphatic heterocycles. The molecule has 0 atom stereocenters. The first kappa shape index (κ1) is 19.7. The Bertz CT molecular complexity index is 589. The molecule has 1 saturated carbocycles. The summed E-state index contributed by atoms with van der Waals surface area (Å²) in [7, 11) is 0. The number of fused-ring (bicyclic) bond motifs is 1. The minimum atomic E-state index is -0.696. The summed E-state index contributed by atoms with van der Waals surface area (Å²) in [6.45, 7) is 1.92. The summed E-state index contributed by atoms with van der Waals surface area (Å²) in [5.41, 5.74) is 7.99. The third-order valence-electron chi connectivity index (χ3n) is 5.24. The van der Waals surface area contributed by atoms with Crippen molar-refractivity contribution in [2.75, 3.05) is 6.54 Å². The molecule has 3 N–H and O–H groups in total. The zero-order chi connectivity index (χ0) is 17.0. The molecule has 0 spiro atoms. The molecule has 0 saturated heterocycles. The predicted molar refractivity (Wildman–Crippen MR) is 100 cm³/mol. The molecule has 2 amide bonds. The number of carbonyl (C=O) groups excluding carboxylic acids is 2. The molecule has 3 rings (SSSR count). The van der Waals surface area contributed by atoms with Gasteiger partial charge in [0, 0.05) is 26.1 Å². The Morgan fingerprint density at radius 1 is 1.08 bits per heavy atom. The van der Waals surface area contributed by atoms with Gasteiger partial charge in [-0.15, -0.1) is 12.4 Å². The quantitative estimate of drug-likeness (QED) is 0.787. The maximum absolute atomic E-state index is 12.3. The van der Waals surface area contributed by atoms with Crippen molar-refractivity contribution in [2.24, 2.45) is 5.73 Å². The first-order valence-electron chi connectivity index (χ1n) is 9.00. The molecule has 138 valence electrons. The van der Waals surface area contributed by atoms with E-state index in [-0.39, 0.29) is 24.2 Å². The van der Waals surface area contributed by atoms with E-state index >= 15 is 0 Å². The fourth-order valence-corrected chi connectivity index (χ4v) is 3.69. The second-order valence-electron chi connectivity index (χ2n) is 7.09. The van der Waals surface area contributed by atoms with Crippen LogP contribution in [0.2, 0.25) is 0 Å². The molecule has 0 radical (unpaired) electrons. The first-order chi connectivity index (χ1) is 11.6. The van der Waals surface area contributed by atoms with Gasteiger partial charge in [0.05, 0.1) is 5.54 Å². The monoisotopic (exact) mass is 365 g/mol. The molecule has 6 heteroatoms. The molecule has 25 heavy (non-hydrogen) atoms. The Morgan fingerprint density at radius 3 is 2.28 bits per heavy atom. The maximum atomic E-state index is 12.3. The fourth-order valence-electron chi connectivity index (χ4n) is 3.69. The van der Waals surface area contributed by atoms with Gasteiger partial charge in [0.15, 0.2) is 0 Å². The van der Waals surface area contributed by atoms with E-state index in [0.29, 0.717) is 32.5 Å². The lowest BCUT2D eigenvalue weighted by Crippen LogP contribution is -2.55. The van der Waals surface area contributed by atoms with Crippen molar-refractivity contribution in [3.05, 3.63) is 35.4 Å². The summed E-state index contributed by atoms with van der Waals surface area (Å²) in [5.74, 6) is 0.101. The molecule has 1 heterocycles. The summed E-state index contributed by atoms with van der Waals surface area (Å²) in [6, 6.07) is 8.17. The van der Waals surface area contributed by atoms with Crippen LogP contribution in [0.4, 0.5) is 0 Å². The minimum absolute atomic E-state index is 0. The van der Waals surface area contributed by atoms with Gasteiger partial charge in [0.2, 0.25) is 11.8 Å². The fraction of sp³-hybridized carbons (Fsp3) is 0.579. The topological polar surface area (TPSA) is 75.4 Å². The van der Waals surface area contributed by atoms with Crippen molar-refractivity contribution < 1.29 is 9.59 Å². The van der Waals surface area contributed by atoms with Gasteiger partial charge in [0.1, 0.15) is 0 Å². The van der Waals surface area contributed by atoms with E-state index in [0.717, 1.165) is 25.7 Å². The summed E-state index contributed by atoms with van der Waals surface area (Å²) < 4.78 is 0. The summed E-state index contributed by atoms with van der Waals surface area (Å²) in [6.07, 6.45) is 5.88. The van der Waals surface area contributed by atoms with Gasteiger partial charge in [-0.3, -0.25) is 9.59 Å². The number of rotatable bonds is 5. The second-order valence-corrected chi connectivity index (χ2v) is 7.09. The Hall–Kier alpha value is -1.59. The first-order valence-corrected chi connectivity index (χ1v) is 9.00. The molecule has 1 aromatic rings. The van der Waals surface area contributed by atoms with Crippen LogP contribution in [-0.4, -0.2) is 28.8 Å². The molecule has 1 fully saturated rings. The van der Waals surface area contributed by atoms with Crippen LogP contribution in [0, 0.1) is 0 Å². The van der Waals surface area contributed by atoms with Crippen LogP contribution in [0.1, 0.15) is 56.1 Å². The van der Waals surface area contributed by atoms with Gasteiger partial charge in [-0.1, -0.05) is 43.5 Å². The van der Waals surface area contributed by atoms with Crippen LogP contribution in [0.3, 0.4) is 0 Å². The van der Waals surface area contributed by atoms with Crippen LogP contribution in [0.5, 0.6) is 0 Å².